The van der Waals surface area contributed by atoms with Crippen LogP contribution in [0.25, 0.3) is 0 Å². The third kappa shape index (κ3) is 4.38. The number of nitrogens with zero attached hydrogens (tertiary/aromatic N) is 2. The number of hydrogen-bond acceptors (Lipinski definition) is 4. The summed E-state index contributed by atoms with van der Waals surface area (Å²) in [6, 6.07) is 14.3. The van der Waals surface area contributed by atoms with Crippen LogP contribution in [0.2, 0.25) is 0 Å². The largest absolute Gasteiger partial charge is 0.490 e. The Bertz CT molecular complexity index is 643. The van der Waals surface area contributed by atoms with Crippen molar-refractivity contribution in [1.29, 1.82) is 0 Å². The Balaban J connectivity index is 2.03. The molecule has 0 amide bonds. The number of azo groups is 1. The third-order valence-corrected chi connectivity index (χ3v) is 2.76. The van der Waals surface area contributed by atoms with E-state index in [9.17, 15) is 4.79 Å². The number of ketones is 1. The number of carbonyl (C=O) groups excluding carboxylic acids is 1. The highest BCUT2D eigenvalue weighted by molar-refractivity contribution is 5.94. The highest BCUT2D eigenvalue weighted by Gasteiger charge is 1.98. The van der Waals surface area contributed by atoms with Crippen molar-refractivity contribution in [3.8, 4) is 5.75 Å². The molecule has 2 rings (SSSR count). The van der Waals surface area contributed by atoms with E-state index in [1.165, 1.54) is 6.92 Å². The predicted molar refractivity (Wildman–Crippen MR) is 82.8 cm³/mol. The van der Waals surface area contributed by atoms with E-state index in [4.69, 9.17) is 4.74 Å². The first kappa shape index (κ1) is 14.7. The molecule has 4 nitrogen and oxygen atoms in total. The molecule has 0 radical (unpaired) electrons. The maximum absolute atomic E-state index is 11.2. The molecule has 2 aromatic rings. The van der Waals surface area contributed by atoms with Gasteiger partial charge in [-0.25, -0.2) is 0 Å². The van der Waals surface area contributed by atoms with Crippen molar-refractivity contribution >= 4 is 17.2 Å². The molecule has 0 atom stereocenters. The number of ether oxygens (including phenoxy) is 1. The van der Waals surface area contributed by atoms with Crippen LogP contribution < -0.4 is 4.74 Å². The molecule has 0 saturated carbocycles. The molecule has 0 spiro atoms. The van der Waals surface area contributed by atoms with Crippen molar-refractivity contribution in [2.45, 2.75) is 6.92 Å². The highest BCUT2D eigenvalue weighted by atomic mass is 16.5. The number of hydrogen-bond donors (Lipinski definition) is 0. The minimum Gasteiger partial charge on any atom is -0.490 e. The average molecular weight is 280 g/mol. The SMILES string of the molecule is C=CCOc1ccc(N=Nc2ccc(C(C)=O)cc2)cc1. The molecule has 0 N–H and O–H groups in total. The van der Waals surface area contributed by atoms with Gasteiger partial charge in [0.05, 0.1) is 11.4 Å². The molecular weight excluding hydrogens is 264 g/mol. The van der Waals surface area contributed by atoms with Crippen LogP contribution in [-0.4, -0.2) is 12.4 Å². The van der Waals surface area contributed by atoms with Crippen molar-refractivity contribution in [3.05, 3.63) is 66.7 Å². The molecule has 4 heteroatoms. The van der Waals surface area contributed by atoms with Crippen molar-refractivity contribution < 1.29 is 9.53 Å². The van der Waals surface area contributed by atoms with Gasteiger partial charge < -0.3 is 4.74 Å². The van der Waals surface area contributed by atoms with Crippen LogP contribution in [0.5, 0.6) is 5.75 Å². The van der Waals surface area contributed by atoms with Gasteiger partial charge in [0.15, 0.2) is 5.78 Å². The lowest BCUT2D eigenvalue weighted by Gasteiger charge is -2.02. The van der Waals surface area contributed by atoms with Crippen LogP contribution in [0.3, 0.4) is 0 Å². The molecule has 0 aliphatic heterocycles. The van der Waals surface area contributed by atoms with Gasteiger partial charge in [-0.1, -0.05) is 12.7 Å². The first-order valence-electron chi connectivity index (χ1n) is 6.55. The lowest BCUT2D eigenvalue weighted by atomic mass is 10.1. The fourth-order valence-electron chi connectivity index (χ4n) is 1.64. The van der Waals surface area contributed by atoms with Crippen molar-refractivity contribution in [2.24, 2.45) is 10.2 Å². The van der Waals surface area contributed by atoms with Gasteiger partial charge >= 0.3 is 0 Å². The van der Waals surface area contributed by atoms with E-state index in [0.717, 1.165) is 11.4 Å². The molecule has 0 unspecified atom stereocenters. The normalized spacial score (nSPS) is 10.5. The molecule has 2 aromatic carbocycles. The summed E-state index contributed by atoms with van der Waals surface area (Å²) >= 11 is 0. The van der Waals surface area contributed by atoms with Crippen LogP contribution in [0.1, 0.15) is 17.3 Å². The standard InChI is InChI=1S/C17H16N2O2/c1-3-12-21-17-10-8-16(9-11-17)19-18-15-6-4-14(5-7-15)13(2)20/h3-11H,1,12H2,2H3. The zero-order valence-corrected chi connectivity index (χ0v) is 11.8. The zero-order valence-electron chi connectivity index (χ0n) is 11.8. The minimum atomic E-state index is 0.0357. The van der Waals surface area contributed by atoms with E-state index in [1.54, 1.807) is 30.3 Å². The summed E-state index contributed by atoms with van der Waals surface area (Å²) in [5.41, 5.74) is 2.10. The average Bonchev–Trinajstić information content (AvgIpc) is 2.52. The maximum atomic E-state index is 11.2. The fourth-order valence-corrected chi connectivity index (χ4v) is 1.64. The topological polar surface area (TPSA) is 51.0 Å². The van der Waals surface area contributed by atoms with E-state index in [1.807, 2.05) is 24.3 Å². The van der Waals surface area contributed by atoms with E-state index < -0.39 is 0 Å². The molecule has 0 aliphatic carbocycles. The second-order valence-corrected chi connectivity index (χ2v) is 4.40. The molecular formula is C17H16N2O2. The molecule has 0 aliphatic rings. The van der Waals surface area contributed by atoms with Crippen LogP contribution in [0, 0.1) is 0 Å². The molecule has 0 fully saturated rings. The van der Waals surface area contributed by atoms with E-state index in [0.29, 0.717) is 17.9 Å². The van der Waals surface area contributed by atoms with Crippen LogP contribution in [0.4, 0.5) is 11.4 Å². The molecule has 21 heavy (non-hydrogen) atoms. The summed E-state index contributed by atoms with van der Waals surface area (Å²) in [5.74, 6) is 0.799. The summed E-state index contributed by atoms with van der Waals surface area (Å²) in [5, 5.41) is 8.26. The second kappa shape index (κ2) is 7.14. The summed E-state index contributed by atoms with van der Waals surface area (Å²) < 4.78 is 5.39. The maximum Gasteiger partial charge on any atom is 0.159 e. The number of Topliss-reactive ketones (excluding diaryl/α,β-unsaturated/α-hetero) is 1. The Morgan fingerprint density at radius 2 is 1.57 bits per heavy atom. The minimum absolute atomic E-state index is 0.0357. The summed E-state index contributed by atoms with van der Waals surface area (Å²) in [6.07, 6.45) is 1.69. The first-order valence-corrected chi connectivity index (χ1v) is 6.55. The van der Waals surface area contributed by atoms with Crippen molar-refractivity contribution in [1.82, 2.24) is 0 Å². The Labute approximate surface area is 123 Å². The van der Waals surface area contributed by atoms with Crippen LogP contribution in [-0.2, 0) is 0 Å². The van der Waals surface area contributed by atoms with Crippen molar-refractivity contribution in [3.63, 3.8) is 0 Å². The second-order valence-electron chi connectivity index (χ2n) is 4.40. The summed E-state index contributed by atoms with van der Waals surface area (Å²) in [7, 11) is 0. The number of carbonyl (C=O) groups is 1. The summed E-state index contributed by atoms with van der Waals surface area (Å²) in [6.45, 7) is 5.60. The number of benzene rings is 2. The van der Waals surface area contributed by atoms with Gasteiger partial charge in [0, 0.05) is 5.56 Å². The molecule has 0 aromatic heterocycles. The van der Waals surface area contributed by atoms with Crippen LogP contribution >= 0.6 is 0 Å². The highest BCUT2D eigenvalue weighted by Crippen LogP contribution is 2.21. The fraction of sp³-hybridized carbons (Fsp3) is 0.118. The van der Waals surface area contributed by atoms with Gasteiger partial charge in [0.1, 0.15) is 12.4 Å². The molecule has 106 valence electrons. The number of rotatable bonds is 6. The molecule has 0 saturated heterocycles. The monoisotopic (exact) mass is 280 g/mol. The van der Waals surface area contributed by atoms with Gasteiger partial charge in [-0.2, -0.15) is 10.2 Å². The van der Waals surface area contributed by atoms with E-state index in [-0.39, 0.29) is 5.78 Å². The Morgan fingerprint density at radius 3 is 2.05 bits per heavy atom. The Kier molecular flexibility index (Phi) is 4.99. The van der Waals surface area contributed by atoms with Gasteiger partial charge in [0.25, 0.3) is 0 Å². The predicted octanol–water partition coefficient (Wildman–Crippen LogP) is 4.87. The van der Waals surface area contributed by atoms with Gasteiger partial charge in [-0.3, -0.25) is 4.79 Å². The van der Waals surface area contributed by atoms with Gasteiger partial charge in [-0.15, -0.1) is 0 Å². The lowest BCUT2D eigenvalue weighted by Crippen LogP contribution is -1.91. The molecule has 0 heterocycles. The Morgan fingerprint density at radius 1 is 1.05 bits per heavy atom. The quantitative estimate of drug-likeness (QED) is 0.430. The smallest absolute Gasteiger partial charge is 0.159 e. The lowest BCUT2D eigenvalue weighted by molar-refractivity contribution is 0.101. The van der Waals surface area contributed by atoms with Crippen molar-refractivity contribution in [2.75, 3.05) is 6.61 Å². The van der Waals surface area contributed by atoms with Gasteiger partial charge in [-0.05, 0) is 55.5 Å². The summed E-state index contributed by atoms with van der Waals surface area (Å²) in [4.78, 5) is 11.2. The van der Waals surface area contributed by atoms with Crippen LogP contribution in [0.15, 0.2) is 71.4 Å². The Hall–Kier alpha value is -2.75. The first-order chi connectivity index (χ1) is 10.2. The van der Waals surface area contributed by atoms with E-state index in [2.05, 4.69) is 16.8 Å². The van der Waals surface area contributed by atoms with E-state index >= 15 is 0 Å². The third-order valence-electron chi connectivity index (χ3n) is 2.76. The zero-order chi connectivity index (χ0) is 15.1. The molecule has 0 bridgehead atoms. The van der Waals surface area contributed by atoms with Gasteiger partial charge in [0.2, 0.25) is 0 Å².